The van der Waals surface area contributed by atoms with E-state index in [-0.39, 0.29) is 12.1 Å². The van der Waals surface area contributed by atoms with Crippen LogP contribution in [-0.4, -0.2) is 10.6 Å². The SMILES string of the molecule is CC(C)(C)Nc1ccc(CO)cc1. The minimum atomic E-state index is 0.0841. The molecule has 0 saturated carbocycles. The lowest BCUT2D eigenvalue weighted by atomic mass is 10.1. The molecule has 0 atom stereocenters. The second-order valence-electron chi connectivity index (χ2n) is 4.23. The molecule has 0 radical (unpaired) electrons. The van der Waals surface area contributed by atoms with Gasteiger partial charge in [0.2, 0.25) is 0 Å². The molecule has 0 spiro atoms. The van der Waals surface area contributed by atoms with Crippen molar-refractivity contribution >= 4 is 5.69 Å². The van der Waals surface area contributed by atoms with Crippen LogP contribution < -0.4 is 5.32 Å². The molecule has 0 amide bonds. The van der Waals surface area contributed by atoms with Gasteiger partial charge in [-0.05, 0) is 38.5 Å². The molecule has 0 aromatic heterocycles. The largest absolute Gasteiger partial charge is 0.392 e. The first-order valence-electron chi connectivity index (χ1n) is 4.49. The summed E-state index contributed by atoms with van der Waals surface area (Å²) in [5.41, 5.74) is 2.12. The van der Waals surface area contributed by atoms with E-state index in [0.29, 0.717) is 0 Å². The zero-order valence-corrected chi connectivity index (χ0v) is 8.46. The molecule has 1 rings (SSSR count). The molecule has 0 aliphatic heterocycles. The molecule has 72 valence electrons. The van der Waals surface area contributed by atoms with Gasteiger partial charge in [0.15, 0.2) is 0 Å². The number of aliphatic hydroxyl groups is 1. The van der Waals surface area contributed by atoms with Crippen LogP contribution in [0.25, 0.3) is 0 Å². The van der Waals surface area contributed by atoms with E-state index in [1.54, 1.807) is 0 Å². The molecule has 0 aliphatic rings. The lowest BCUT2D eigenvalue weighted by molar-refractivity contribution is 0.282. The molecular weight excluding hydrogens is 162 g/mol. The number of aliphatic hydroxyl groups excluding tert-OH is 1. The predicted molar refractivity (Wildman–Crippen MR) is 55.7 cm³/mol. The summed E-state index contributed by atoms with van der Waals surface area (Å²) in [6.07, 6.45) is 0. The third-order valence-corrected chi connectivity index (χ3v) is 1.66. The molecule has 0 unspecified atom stereocenters. The summed E-state index contributed by atoms with van der Waals surface area (Å²) >= 11 is 0. The zero-order chi connectivity index (χ0) is 9.90. The number of hydrogen-bond acceptors (Lipinski definition) is 2. The van der Waals surface area contributed by atoms with Crippen LogP contribution >= 0.6 is 0 Å². The normalized spacial score (nSPS) is 11.4. The van der Waals surface area contributed by atoms with Crippen LogP contribution in [0.5, 0.6) is 0 Å². The van der Waals surface area contributed by atoms with Gasteiger partial charge in [-0.25, -0.2) is 0 Å². The van der Waals surface area contributed by atoms with Gasteiger partial charge in [-0.2, -0.15) is 0 Å². The molecule has 1 aromatic rings. The quantitative estimate of drug-likeness (QED) is 0.730. The highest BCUT2D eigenvalue weighted by molar-refractivity contribution is 5.46. The van der Waals surface area contributed by atoms with E-state index in [1.807, 2.05) is 24.3 Å². The third-order valence-electron chi connectivity index (χ3n) is 1.66. The van der Waals surface area contributed by atoms with E-state index < -0.39 is 0 Å². The van der Waals surface area contributed by atoms with Crippen LogP contribution in [0.15, 0.2) is 24.3 Å². The summed E-state index contributed by atoms with van der Waals surface area (Å²) in [7, 11) is 0. The van der Waals surface area contributed by atoms with Gasteiger partial charge in [-0.15, -0.1) is 0 Å². The predicted octanol–water partition coefficient (Wildman–Crippen LogP) is 2.39. The first-order valence-corrected chi connectivity index (χ1v) is 4.49. The summed E-state index contributed by atoms with van der Waals surface area (Å²) in [6, 6.07) is 7.82. The van der Waals surface area contributed by atoms with Crippen molar-refractivity contribution in [2.75, 3.05) is 5.32 Å². The van der Waals surface area contributed by atoms with Gasteiger partial charge in [0.25, 0.3) is 0 Å². The van der Waals surface area contributed by atoms with Crippen LogP contribution in [0.3, 0.4) is 0 Å². The maximum atomic E-state index is 8.84. The Morgan fingerprint density at radius 1 is 1.15 bits per heavy atom. The second kappa shape index (κ2) is 3.79. The minimum Gasteiger partial charge on any atom is -0.392 e. The lowest BCUT2D eigenvalue weighted by Gasteiger charge is -2.22. The van der Waals surface area contributed by atoms with E-state index in [0.717, 1.165) is 11.3 Å². The van der Waals surface area contributed by atoms with E-state index in [4.69, 9.17) is 5.11 Å². The molecule has 2 nitrogen and oxygen atoms in total. The van der Waals surface area contributed by atoms with Gasteiger partial charge in [0.1, 0.15) is 0 Å². The van der Waals surface area contributed by atoms with Crippen LogP contribution in [0.1, 0.15) is 26.3 Å². The van der Waals surface area contributed by atoms with Gasteiger partial charge < -0.3 is 10.4 Å². The number of rotatable bonds is 2. The Balaban J connectivity index is 2.70. The van der Waals surface area contributed by atoms with Gasteiger partial charge in [-0.3, -0.25) is 0 Å². The van der Waals surface area contributed by atoms with Gasteiger partial charge in [0, 0.05) is 11.2 Å². The van der Waals surface area contributed by atoms with Crippen molar-refractivity contribution in [2.45, 2.75) is 32.9 Å². The van der Waals surface area contributed by atoms with E-state index in [2.05, 4.69) is 26.1 Å². The van der Waals surface area contributed by atoms with Crippen LogP contribution in [0.2, 0.25) is 0 Å². The summed E-state index contributed by atoms with van der Waals surface area (Å²) in [6.45, 7) is 6.46. The maximum Gasteiger partial charge on any atom is 0.0681 e. The average molecular weight is 179 g/mol. The van der Waals surface area contributed by atoms with Crippen LogP contribution in [0, 0.1) is 0 Å². The lowest BCUT2D eigenvalue weighted by Crippen LogP contribution is -2.25. The molecule has 0 saturated heterocycles. The first-order chi connectivity index (χ1) is 6.01. The Labute approximate surface area is 79.6 Å². The van der Waals surface area contributed by atoms with Crippen molar-refractivity contribution in [3.63, 3.8) is 0 Å². The molecule has 0 heterocycles. The molecule has 0 fully saturated rings. The van der Waals surface area contributed by atoms with Crippen LogP contribution in [-0.2, 0) is 6.61 Å². The van der Waals surface area contributed by atoms with Crippen molar-refractivity contribution < 1.29 is 5.11 Å². The Kier molecular flexibility index (Phi) is 2.94. The summed E-state index contributed by atoms with van der Waals surface area (Å²) in [5.74, 6) is 0. The van der Waals surface area contributed by atoms with Crippen molar-refractivity contribution in [1.82, 2.24) is 0 Å². The average Bonchev–Trinajstić information content (AvgIpc) is 2.03. The standard InChI is InChI=1S/C11H17NO/c1-11(2,3)12-10-6-4-9(8-13)5-7-10/h4-7,12-13H,8H2,1-3H3. The molecule has 0 bridgehead atoms. The van der Waals surface area contributed by atoms with E-state index in [1.165, 1.54) is 0 Å². The number of benzene rings is 1. The van der Waals surface area contributed by atoms with Crippen molar-refractivity contribution in [2.24, 2.45) is 0 Å². The fourth-order valence-electron chi connectivity index (χ4n) is 1.13. The number of nitrogens with one attached hydrogen (secondary N) is 1. The molecule has 13 heavy (non-hydrogen) atoms. The molecular formula is C11H17NO. The van der Waals surface area contributed by atoms with Gasteiger partial charge in [0.05, 0.1) is 6.61 Å². The van der Waals surface area contributed by atoms with Crippen molar-refractivity contribution in [3.8, 4) is 0 Å². The second-order valence-corrected chi connectivity index (χ2v) is 4.23. The number of hydrogen-bond donors (Lipinski definition) is 2. The Bertz CT molecular complexity index is 258. The fraction of sp³-hybridized carbons (Fsp3) is 0.455. The van der Waals surface area contributed by atoms with Gasteiger partial charge in [-0.1, -0.05) is 12.1 Å². The van der Waals surface area contributed by atoms with Gasteiger partial charge >= 0.3 is 0 Å². The first kappa shape index (κ1) is 10.1. The molecule has 2 heteroatoms. The topological polar surface area (TPSA) is 32.3 Å². The van der Waals surface area contributed by atoms with Crippen LogP contribution in [0.4, 0.5) is 5.69 Å². The number of anilines is 1. The highest BCUT2D eigenvalue weighted by atomic mass is 16.3. The Hall–Kier alpha value is -1.02. The highest BCUT2D eigenvalue weighted by Crippen LogP contribution is 2.15. The smallest absolute Gasteiger partial charge is 0.0681 e. The minimum absolute atomic E-state index is 0.0841. The third kappa shape index (κ3) is 3.47. The molecule has 2 N–H and O–H groups in total. The molecule has 1 aromatic carbocycles. The maximum absolute atomic E-state index is 8.84. The fourth-order valence-corrected chi connectivity index (χ4v) is 1.13. The van der Waals surface area contributed by atoms with E-state index >= 15 is 0 Å². The summed E-state index contributed by atoms with van der Waals surface area (Å²) in [4.78, 5) is 0. The summed E-state index contributed by atoms with van der Waals surface area (Å²) in [5, 5.41) is 12.2. The highest BCUT2D eigenvalue weighted by Gasteiger charge is 2.08. The summed E-state index contributed by atoms with van der Waals surface area (Å²) < 4.78 is 0. The monoisotopic (exact) mass is 179 g/mol. The van der Waals surface area contributed by atoms with E-state index in [9.17, 15) is 0 Å². The Morgan fingerprint density at radius 3 is 2.08 bits per heavy atom. The van der Waals surface area contributed by atoms with Crippen molar-refractivity contribution in [3.05, 3.63) is 29.8 Å². The van der Waals surface area contributed by atoms with Crippen molar-refractivity contribution in [1.29, 1.82) is 0 Å². The molecule has 0 aliphatic carbocycles. The zero-order valence-electron chi connectivity index (χ0n) is 8.46. The Morgan fingerprint density at radius 2 is 1.69 bits per heavy atom.